The molecule has 2 N–H and O–H groups in total. The fourth-order valence-electron chi connectivity index (χ4n) is 2.93. The average molecular weight is 237 g/mol. The lowest BCUT2D eigenvalue weighted by atomic mass is 9.83. The minimum absolute atomic E-state index is 0.271. The first-order valence-corrected chi connectivity index (χ1v) is 7.31. The summed E-state index contributed by atoms with van der Waals surface area (Å²) < 4.78 is 0. The number of aryl methyl sites for hydroxylation is 2. The molecular weight excluding hydrogens is 214 g/mol. The fourth-order valence-corrected chi connectivity index (χ4v) is 3.92. The highest BCUT2D eigenvalue weighted by molar-refractivity contribution is 7.12. The Morgan fingerprint density at radius 3 is 2.56 bits per heavy atom. The van der Waals surface area contributed by atoms with E-state index in [9.17, 15) is 0 Å². The molecule has 0 saturated heterocycles. The summed E-state index contributed by atoms with van der Waals surface area (Å²) in [6, 6.07) is 2.56. The van der Waals surface area contributed by atoms with Gasteiger partial charge < -0.3 is 5.73 Å². The summed E-state index contributed by atoms with van der Waals surface area (Å²) in [5.74, 6) is 0.878. The Balaban J connectivity index is 1.96. The number of thiophene rings is 1. The van der Waals surface area contributed by atoms with Crippen molar-refractivity contribution in [2.75, 3.05) is 0 Å². The highest BCUT2D eigenvalue weighted by Crippen LogP contribution is 2.33. The maximum atomic E-state index is 6.35. The van der Waals surface area contributed by atoms with Gasteiger partial charge in [0.05, 0.1) is 0 Å². The summed E-state index contributed by atoms with van der Waals surface area (Å²) in [5, 5.41) is 0. The van der Waals surface area contributed by atoms with Crippen molar-refractivity contribution >= 4 is 11.3 Å². The van der Waals surface area contributed by atoms with E-state index in [1.54, 1.807) is 0 Å². The number of rotatable bonds is 3. The quantitative estimate of drug-likeness (QED) is 0.831. The molecule has 1 atom stereocenters. The first-order chi connectivity index (χ1) is 7.66. The van der Waals surface area contributed by atoms with Crippen LogP contribution in [0.3, 0.4) is 0 Å². The maximum Gasteiger partial charge on any atom is 0.0308 e. The lowest BCUT2D eigenvalue weighted by molar-refractivity contribution is 0.319. The van der Waals surface area contributed by atoms with Crippen molar-refractivity contribution in [2.24, 2.45) is 11.7 Å². The predicted octanol–water partition coefficient (Wildman–Crippen LogP) is 4.34. The van der Waals surface area contributed by atoms with Crippen LogP contribution in [0.5, 0.6) is 0 Å². The summed E-state index contributed by atoms with van der Waals surface area (Å²) in [4.78, 5) is 2.81. The molecule has 0 aromatic carbocycles. The molecule has 16 heavy (non-hydrogen) atoms. The minimum Gasteiger partial charge on any atom is -0.324 e. The van der Waals surface area contributed by atoms with Crippen LogP contribution in [0.15, 0.2) is 6.07 Å². The molecule has 0 radical (unpaired) electrons. The summed E-state index contributed by atoms with van der Waals surface area (Å²) >= 11 is 1.88. The third-order valence-electron chi connectivity index (χ3n) is 3.79. The van der Waals surface area contributed by atoms with Gasteiger partial charge in [-0.1, -0.05) is 32.1 Å². The molecule has 2 heteroatoms. The molecule has 1 nitrogen and oxygen atoms in total. The molecule has 1 aliphatic rings. The molecule has 1 unspecified atom stereocenters. The van der Waals surface area contributed by atoms with Gasteiger partial charge in [-0.15, -0.1) is 11.3 Å². The predicted molar refractivity (Wildman–Crippen MR) is 71.9 cm³/mol. The van der Waals surface area contributed by atoms with Crippen LogP contribution >= 0.6 is 11.3 Å². The molecule has 0 aliphatic heterocycles. The Morgan fingerprint density at radius 2 is 2.00 bits per heavy atom. The van der Waals surface area contributed by atoms with Gasteiger partial charge in [0, 0.05) is 15.8 Å². The van der Waals surface area contributed by atoms with Gasteiger partial charge in [-0.25, -0.2) is 0 Å². The monoisotopic (exact) mass is 237 g/mol. The Morgan fingerprint density at radius 1 is 1.31 bits per heavy atom. The van der Waals surface area contributed by atoms with E-state index in [2.05, 4.69) is 19.9 Å². The standard InChI is InChI=1S/C14H23NS/c1-10-8-13(11(2)16-10)14(15)9-12-6-4-3-5-7-12/h8,12,14H,3-7,9,15H2,1-2H3. The van der Waals surface area contributed by atoms with Gasteiger partial charge in [0.1, 0.15) is 0 Å². The van der Waals surface area contributed by atoms with Crippen LogP contribution in [0.2, 0.25) is 0 Å². The molecule has 90 valence electrons. The average Bonchev–Trinajstić information content (AvgIpc) is 2.59. The van der Waals surface area contributed by atoms with E-state index in [4.69, 9.17) is 5.73 Å². The summed E-state index contributed by atoms with van der Waals surface area (Å²) in [6.45, 7) is 4.38. The van der Waals surface area contributed by atoms with Gasteiger partial charge in [-0.2, -0.15) is 0 Å². The Hall–Kier alpha value is -0.340. The Labute approximate surface area is 103 Å². The van der Waals surface area contributed by atoms with Gasteiger partial charge in [0.15, 0.2) is 0 Å². The van der Waals surface area contributed by atoms with Gasteiger partial charge in [-0.05, 0) is 37.8 Å². The molecule has 1 fully saturated rings. The van der Waals surface area contributed by atoms with E-state index in [-0.39, 0.29) is 6.04 Å². The molecule has 1 aromatic rings. The van der Waals surface area contributed by atoms with Crippen LogP contribution in [-0.4, -0.2) is 0 Å². The molecule has 0 bridgehead atoms. The number of hydrogen-bond acceptors (Lipinski definition) is 2. The molecule has 1 saturated carbocycles. The second kappa shape index (κ2) is 5.33. The van der Waals surface area contributed by atoms with E-state index in [0.717, 1.165) is 5.92 Å². The van der Waals surface area contributed by atoms with Crippen LogP contribution in [0.4, 0.5) is 0 Å². The van der Waals surface area contributed by atoms with Crippen LogP contribution in [0, 0.1) is 19.8 Å². The van der Waals surface area contributed by atoms with Crippen molar-refractivity contribution in [3.63, 3.8) is 0 Å². The van der Waals surface area contributed by atoms with Gasteiger partial charge >= 0.3 is 0 Å². The van der Waals surface area contributed by atoms with E-state index < -0.39 is 0 Å². The van der Waals surface area contributed by atoms with Crippen molar-refractivity contribution in [1.29, 1.82) is 0 Å². The number of nitrogens with two attached hydrogens (primary N) is 1. The molecular formula is C14H23NS. The zero-order valence-electron chi connectivity index (χ0n) is 10.5. The van der Waals surface area contributed by atoms with Crippen molar-refractivity contribution in [1.82, 2.24) is 0 Å². The van der Waals surface area contributed by atoms with Crippen molar-refractivity contribution in [3.8, 4) is 0 Å². The first kappa shape index (κ1) is 12.1. The van der Waals surface area contributed by atoms with E-state index in [0.29, 0.717) is 0 Å². The highest BCUT2D eigenvalue weighted by atomic mass is 32.1. The van der Waals surface area contributed by atoms with E-state index in [1.807, 2.05) is 11.3 Å². The van der Waals surface area contributed by atoms with Crippen molar-refractivity contribution < 1.29 is 0 Å². The molecule has 0 spiro atoms. The minimum atomic E-state index is 0.271. The van der Waals surface area contributed by atoms with Crippen LogP contribution in [0.25, 0.3) is 0 Å². The third kappa shape index (κ3) is 2.86. The SMILES string of the molecule is Cc1cc(C(N)CC2CCCCC2)c(C)s1. The normalized spacial score (nSPS) is 19.9. The molecule has 0 amide bonds. The van der Waals surface area contributed by atoms with Gasteiger partial charge in [0.25, 0.3) is 0 Å². The second-order valence-corrected chi connectivity index (χ2v) is 6.68. The van der Waals surface area contributed by atoms with E-state index >= 15 is 0 Å². The third-order valence-corrected chi connectivity index (χ3v) is 4.77. The fraction of sp³-hybridized carbons (Fsp3) is 0.714. The number of hydrogen-bond donors (Lipinski definition) is 1. The second-order valence-electron chi connectivity index (χ2n) is 5.21. The largest absolute Gasteiger partial charge is 0.324 e. The van der Waals surface area contributed by atoms with Crippen LogP contribution in [0.1, 0.15) is 59.9 Å². The van der Waals surface area contributed by atoms with Crippen LogP contribution < -0.4 is 5.73 Å². The Bertz CT molecular complexity index is 337. The zero-order chi connectivity index (χ0) is 11.5. The Kier molecular flexibility index (Phi) is 4.04. The lowest BCUT2D eigenvalue weighted by Crippen LogP contribution is -2.17. The van der Waals surface area contributed by atoms with Crippen LogP contribution in [-0.2, 0) is 0 Å². The topological polar surface area (TPSA) is 26.0 Å². The summed E-state index contributed by atoms with van der Waals surface area (Å²) in [5.41, 5.74) is 7.74. The maximum absolute atomic E-state index is 6.35. The smallest absolute Gasteiger partial charge is 0.0308 e. The van der Waals surface area contributed by atoms with Gasteiger partial charge in [0.2, 0.25) is 0 Å². The molecule has 1 aliphatic carbocycles. The van der Waals surface area contributed by atoms with Gasteiger partial charge in [-0.3, -0.25) is 0 Å². The van der Waals surface area contributed by atoms with E-state index in [1.165, 1.54) is 53.8 Å². The van der Waals surface area contributed by atoms with Crippen molar-refractivity contribution in [2.45, 2.75) is 58.4 Å². The molecule has 2 rings (SSSR count). The highest BCUT2D eigenvalue weighted by Gasteiger charge is 2.19. The van der Waals surface area contributed by atoms with Crippen molar-refractivity contribution in [3.05, 3.63) is 21.4 Å². The first-order valence-electron chi connectivity index (χ1n) is 6.49. The zero-order valence-corrected chi connectivity index (χ0v) is 11.3. The lowest BCUT2D eigenvalue weighted by Gasteiger charge is -2.24. The summed E-state index contributed by atoms with van der Waals surface area (Å²) in [6.07, 6.45) is 8.25. The molecule has 1 heterocycles. The summed E-state index contributed by atoms with van der Waals surface area (Å²) in [7, 11) is 0. The molecule has 1 aromatic heterocycles.